The summed E-state index contributed by atoms with van der Waals surface area (Å²) in [6.45, 7) is 8.76. The highest BCUT2D eigenvalue weighted by Gasteiger charge is 2.57. The van der Waals surface area contributed by atoms with Crippen LogP contribution in [-0.4, -0.2) is 5.71 Å². The van der Waals surface area contributed by atoms with Gasteiger partial charge in [-0.25, -0.2) is 0 Å². The number of rotatable bonds is 2. The molecule has 2 aliphatic rings. The van der Waals surface area contributed by atoms with Gasteiger partial charge in [0.2, 0.25) is 5.41 Å². The van der Waals surface area contributed by atoms with Crippen LogP contribution in [0.3, 0.4) is 0 Å². The lowest BCUT2D eigenvalue weighted by Gasteiger charge is -2.48. The normalized spacial score (nSPS) is 28.3. The van der Waals surface area contributed by atoms with Gasteiger partial charge in [0.05, 0.1) is 29.8 Å². The molecule has 1 unspecified atom stereocenters. The Morgan fingerprint density at radius 2 is 1.72 bits per heavy atom. The van der Waals surface area contributed by atoms with E-state index in [9.17, 15) is 15.8 Å². The molecule has 3 rings (SSSR count). The Balaban J connectivity index is 2.20. The zero-order chi connectivity index (χ0) is 21.4. The summed E-state index contributed by atoms with van der Waals surface area (Å²) in [6.07, 6.45) is 4.60. The number of nitrogens with zero attached hydrogens (tertiary/aromatic N) is 3. The second-order valence-electron chi connectivity index (χ2n) is 9.42. The first kappa shape index (κ1) is 20.8. The van der Waals surface area contributed by atoms with Crippen molar-refractivity contribution in [3.8, 4) is 18.2 Å². The fourth-order valence-electron chi connectivity index (χ4n) is 5.05. The van der Waals surface area contributed by atoms with E-state index in [-0.39, 0.29) is 23.0 Å². The SMILES string of the molecule is CCc1ccc([C@@H]2C(C#N)C(=N)C(C#N)(C#N)C3=CC[C@@H](C(C)(C)C)C[C@H]32)cc1. The number of nitrogens with one attached hydrogen (secondary N) is 1. The van der Waals surface area contributed by atoms with E-state index in [0.29, 0.717) is 5.92 Å². The molecule has 4 atom stereocenters. The van der Waals surface area contributed by atoms with Gasteiger partial charge in [-0.1, -0.05) is 58.0 Å². The molecule has 0 radical (unpaired) electrons. The largest absolute Gasteiger partial charge is 0.305 e. The van der Waals surface area contributed by atoms with Gasteiger partial charge in [-0.15, -0.1) is 0 Å². The van der Waals surface area contributed by atoms with Crippen LogP contribution in [-0.2, 0) is 6.42 Å². The van der Waals surface area contributed by atoms with Crippen LogP contribution >= 0.6 is 0 Å². The van der Waals surface area contributed by atoms with E-state index in [1.54, 1.807) is 0 Å². The van der Waals surface area contributed by atoms with E-state index in [0.717, 1.165) is 30.4 Å². The number of hydrogen-bond donors (Lipinski definition) is 1. The average Bonchev–Trinajstić information content (AvgIpc) is 2.72. The Kier molecular flexibility index (Phi) is 5.38. The third-order valence-corrected chi connectivity index (χ3v) is 6.97. The third-order valence-electron chi connectivity index (χ3n) is 6.97. The second kappa shape index (κ2) is 7.50. The van der Waals surface area contributed by atoms with Crippen LogP contribution in [0.1, 0.15) is 57.6 Å². The number of benzene rings is 1. The summed E-state index contributed by atoms with van der Waals surface area (Å²) in [7, 11) is 0. The average molecular weight is 385 g/mol. The number of allylic oxidation sites excluding steroid dienone is 2. The molecule has 2 aliphatic carbocycles. The fraction of sp³-hybridized carbons (Fsp3) is 0.520. The van der Waals surface area contributed by atoms with Crippen LogP contribution < -0.4 is 0 Å². The van der Waals surface area contributed by atoms with E-state index in [1.807, 2.05) is 6.08 Å². The highest BCUT2D eigenvalue weighted by molar-refractivity contribution is 6.01. The Morgan fingerprint density at radius 3 is 2.21 bits per heavy atom. The summed E-state index contributed by atoms with van der Waals surface area (Å²) in [5, 5.41) is 38.6. The molecule has 148 valence electrons. The van der Waals surface area contributed by atoms with Crippen molar-refractivity contribution in [1.82, 2.24) is 0 Å². The van der Waals surface area contributed by atoms with Crippen molar-refractivity contribution in [3.05, 3.63) is 47.0 Å². The zero-order valence-electron chi connectivity index (χ0n) is 17.7. The smallest absolute Gasteiger partial charge is 0.203 e. The number of aryl methyl sites for hydroxylation is 1. The van der Waals surface area contributed by atoms with Gasteiger partial charge in [0, 0.05) is 5.92 Å². The predicted molar refractivity (Wildman–Crippen MR) is 113 cm³/mol. The van der Waals surface area contributed by atoms with Crippen molar-refractivity contribution in [3.63, 3.8) is 0 Å². The van der Waals surface area contributed by atoms with Crippen molar-refractivity contribution in [2.45, 2.75) is 52.9 Å². The second-order valence-corrected chi connectivity index (χ2v) is 9.42. The topological polar surface area (TPSA) is 95.2 Å². The minimum atomic E-state index is -1.62. The molecule has 1 fully saturated rings. The van der Waals surface area contributed by atoms with Gasteiger partial charge in [-0.05, 0) is 53.2 Å². The monoisotopic (exact) mass is 384 g/mol. The van der Waals surface area contributed by atoms with E-state index in [4.69, 9.17) is 5.41 Å². The summed E-state index contributed by atoms with van der Waals surface area (Å²) in [6, 6.07) is 14.8. The molecular formula is C25H28N4. The first-order valence-corrected chi connectivity index (χ1v) is 10.3. The maximum Gasteiger partial charge on any atom is 0.203 e. The summed E-state index contributed by atoms with van der Waals surface area (Å²) in [5.41, 5.74) is 1.40. The quantitative estimate of drug-likeness (QED) is 0.678. The summed E-state index contributed by atoms with van der Waals surface area (Å²) in [5.74, 6) is -0.666. The van der Waals surface area contributed by atoms with E-state index >= 15 is 0 Å². The summed E-state index contributed by atoms with van der Waals surface area (Å²) < 4.78 is 0. The molecule has 0 saturated heterocycles. The van der Waals surface area contributed by atoms with Crippen molar-refractivity contribution in [1.29, 1.82) is 21.2 Å². The van der Waals surface area contributed by atoms with Crippen molar-refractivity contribution < 1.29 is 0 Å². The van der Waals surface area contributed by atoms with Gasteiger partial charge < -0.3 is 5.41 Å². The molecule has 1 aromatic rings. The maximum atomic E-state index is 10.0. The molecule has 0 heterocycles. The molecule has 0 amide bonds. The number of fused-ring (bicyclic) bond motifs is 1. The molecule has 1 N–H and O–H groups in total. The fourth-order valence-corrected chi connectivity index (χ4v) is 5.05. The van der Waals surface area contributed by atoms with E-state index in [1.165, 1.54) is 5.56 Å². The lowest BCUT2D eigenvalue weighted by Crippen LogP contribution is -2.49. The molecule has 4 nitrogen and oxygen atoms in total. The Bertz CT molecular complexity index is 943. The molecule has 29 heavy (non-hydrogen) atoms. The van der Waals surface area contributed by atoms with Crippen LogP contribution in [0.25, 0.3) is 0 Å². The summed E-state index contributed by atoms with van der Waals surface area (Å²) in [4.78, 5) is 0. The lowest BCUT2D eigenvalue weighted by molar-refractivity contribution is 0.171. The molecule has 1 saturated carbocycles. The Hall–Kier alpha value is -2.90. The highest BCUT2D eigenvalue weighted by Crippen LogP contribution is 2.56. The maximum absolute atomic E-state index is 10.0. The van der Waals surface area contributed by atoms with Gasteiger partial charge in [0.25, 0.3) is 0 Å². The summed E-state index contributed by atoms with van der Waals surface area (Å²) >= 11 is 0. The minimum Gasteiger partial charge on any atom is -0.305 e. The molecule has 0 aromatic heterocycles. The van der Waals surface area contributed by atoms with Crippen molar-refractivity contribution in [2.24, 2.45) is 28.6 Å². The van der Waals surface area contributed by atoms with E-state index in [2.05, 4.69) is 70.2 Å². The molecule has 1 aromatic carbocycles. The standard InChI is InChI=1S/C25H28N4/c1-5-16-6-8-17(9-7-16)22-19-12-18(24(2,3)4)10-11-21(19)25(14-27,15-28)23(29)20(22)13-26/h6-9,11,18-20,22,29H,5,10,12H2,1-4H3/t18-,19-,20?,22+/m1/s1. The Labute approximate surface area is 174 Å². The first-order chi connectivity index (χ1) is 13.7. The number of hydrogen-bond acceptors (Lipinski definition) is 4. The molecule has 0 aliphatic heterocycles. The van der Waals surface area contributed by atoms with Crippen molar-refractivity contribution in [2.75, 3.05) is 0 Å². The Morgan fingerprint density at radius 1 is 1.10 bits per heavy atom. The molecule has 0 spiro atoms. The van der Waals surface area contributed by atoms with E-state index < -0.39 is 11.3 Å². The van der Waals surface area contributed by atoms with Crippen LogP contribution in [0.5, 0.6) is 0 Å². The zero-order valence-corrected chi connectivity index (χ0v) is 17.7. The lowest BCUT2D eigenvalue weighted by atomic mass is 9.52. The van der Waals surface area contributed by atoms with Crippen molar-refractivity contribution >= 4 is 5.71 Å². The van der Waals surface area contributed by atoms with Gasteiger partial charge in [-0.2, -0.15) is 15.8 Å². The molecule has 0 bridgehead atoms. The molecule has 4 heteroatoms. The van der Waals surface area contributed by atoms with Gasteiger partial charge >= 0.3 is 0 Å². The van der Waals surface area contributed by atoms with Crippen LogP contribution in [0, 0.1) is 68.0 Å². The minimum absolute atomic E-state index is 0.0636. The van der Waals surface area contributed by atoms with Gasteiger partial charge in [0.15, 0.2) is 0 Å². The third kappa shape index (κ3) is 3.26. The van der Waals surface area contributed by atoms with Crippen LogP contribution in [0.4, 0.5) is 0 Å². The van der Waals surface area contributed by atoms with Gasteiger partial charge in [-0.3, -0.25) is 0 Å². The van der Waals surface area contributed by atoms with Crippen LogP contribution in [0.15, 0.2) is 35.9 Å². The number of nitriles is 3. The predicted octanol–water partition coefficient (Wildman–Crippen LogP) is 5.54. The van der Waals surface area contributed by atoms with Gasteiger partial charge in [0.1, 0.15) is 0 Å². The van der Waals surface area contributed by atoms with Crippen LogP contribution in [0.2, 0.25) is 0 Å². The first-order valence-electron chi connectivity index (χ1n) is 10.3. The highest BCUT2D eigenvalue weighted by atomic mass is 14.6. The molecular weight excluding hydrogens is 356 g/mol.